The second kappa shape index (κ2) is 6.81. The highest BCUT2D eigenvalue weighted by atomic mass is 16.6. The molecule has 0 bridgehead atoms. The number of benzene rings is 1. The second-order valence-corrected chi connectivity index (χ2v) is 6.20. The number of fused-ring (bicyclic) bond motifs is 1. The molecule has 0 radical (unpaired) electrons. The van der Waals surface area contributed by atoms with Gasteiger partial charge in [-0.15, -0.1) is 0 Å². The Morgan fingerprint density at radius 1 is 1.26 bits per heavy atom. The van der Waals surface area contributed by atoms with Crippen LogP contribution in [0.2, 0.25) is 0 Å². The molecule has 0 aliphatic rings. The van der Waals surface area contributed by atoms with Crippen molar-refractivity contribution >= 4 is 22.8 Å². The molecule has 0 aliphatic carbocycles. The van der Waals surface area contributed by atoms with Crippen molar-refractivity contribution in [1.82, 2.24) is 9.78 Å². The summed E-state index contributed by atoms with van der Waals surface area (Å²) in [5.41, 5.74) is 0.866. The van der Waals surface area contributed by atoms with E-state index in [9.17, 15) is 9.59 Å². The molecule has 6 heteroatoms. The first-order valence-corrected chi connectivity index (χ1v) is 7.64. The van der Waals surface area contributed by atoms with Crippen LogP contribution in [-0.4, -0.2) is 33.9 Å². The molecule has 6 nitrogen and oxygen atoms in total. The van der Waals surface area contributed by atoms with Gasteiger partial charge in [-0.05, 0) is 45.9 Å². The van der Waals surface area contributed by atoms with Gasteiger partial charge in [0.1, 0.15) is 5.60 Å². The summed E-state index contributed by atoms with van der Waals surface area (Å²) in [5, 5.41) is 5.10. The second-order valence-electron chi connectivity index (χ2n) is 6.20. The zero-order chi connectivity index (χ0) is 17.0. The highest BCUT2D eigenvalue weighted by Gasteiger charge is 2.16. The van der Waals surface area contributed by atoms with Crippen molar-refractivity contribution in [3.05, 3.63) is 30.0 Å². The zero-order valence-corrected chi connectivity index (χ0v) is 14.0. The first-order valence-electron chi connectivity index (χ1n) is 7.64. The van der Waals surface area contributed by atoms with Gasteiger partial charge in [0.25, 0.3) is 0 Å². The number of esters is 2. The molecule has 0 atom stereocenters. The fourth-order valence-corrected chi connectivity index (χ4v) is 2.20. The van der Waals surface area contributed by atoms with Crippen molar-refractivity contribution in [1.29, 1.82) is 0 Å². The fraction of sp³-hybridized carbons (Fsp3) is 0.471. The van der Waals surface area contributed by atoms with Crippen LogP contribution >= 0.6 is 0 Å². The molecule has 0 aliphatic heterocycles. The molecule has 2 aromatic rings. The monoisotopic (exact) mass is 318 g/mol. The minimum absolute atomic E-state index is 0.244. The fourth-order valence-electron chi connectivity index (χ4n) is 2.20. The van der Waals surface area contributed by atoms with E-state index >= 15 is 0 Å². The Bertz CT molecular complexity index is 713. The number of hydrogen-bond donors (Lipinski definition) is 0. The molecule has 0 spiro atoms. The number of nitrogens with zero attached hydrogens (tertiary/aromatic N) is 2. The van der Waals surface area contributed by atoms with Crippen molar-refractivity contribution < 1.29 is 19.1 Å². The summed E-state index contributed by atoms with van der Waals surface area (Å²) in [7, 11) is 0. The minimum atomic E-state index is -0.488. The van der Waals surface area contributed by atoms with Crippen LogP contribution < -0.4 is 0 Å². The van der Waals surface area contributed by atoms with Gasteiger partial charge in [-0.1, -0.05) is 0 Å². The van der Waals surface area contributed by atoms with Crippen LogP contribution in [0.15, 0.2) is 24.4 Å². The lowest BCUT2D eigenvalue weighted by atomic mass is 10.1. The van der Waals surface area contributed by atoms with Gasteiger partial charge in [0.2, 0.25) is 0 Å². The lowest BCUT2D eigenvalue weighted by Gasteiger charge is -2.19. The van der Waals surface area contributed by atoms with Crippen LogP contribution in [0.3, 0.4) is 0 Å². The number of aryl methyl sites for hydroxylation is 1. The maximum absolute atomic E-state index is 11.8. The summed E-state index contributed by atoms with van der Waals surface area (Å²) in [4.78, 5) is 23.5. The Morgan fingerprint density at radius 2 is 2.00 bits per heavy atom. The topological polar surface area (TPSA) is 70.4 Å². The van der Waals surface area contributed by atoms with Gasteiger partial charge < -0.3 is 9.47 Å². The van der Waals surface area contributed by atoms with Gasteiger partial charge in [0.15, 0.2) is 0 Å². The average Bonchev–Trinajstić information content (AvgIpc) is 2.85. The summed E-state index contributed by atoms with van der Waals surface area (Å²) in [5.74, 6) is -0.611. The van der Waals surface area contributed by atoms with E-state index in [1.54, 1.807) is 29.9 Å². The van der Waals surface area contributed by atoms with Crippen LogP contribution in [0.1, 0.15) is 44.5 Å². The maximum atomic E-state index is 11.8. The molecular formula is C17H22N2O4. The molecule has 1 aromatic carbocycles. The lowest BCUT2D eigenvalue weighted by Crippen LogP contribution is -2.24. The van der Waals surface area contributed by atoms with Gasteiger partial charge in [0, 0.05) is 5.39 Å². The van der Waals surface area contributed by atoms with Crippen LogP contribution in [0, 0.1) is 0 Å². The van der Waals surface area contributed by atoms with Gasteiger partial charge in [-0.2, -0.15) is 5.10 Å². The number of hydrogen-bond acceptors (Lipinski definition) is 5. The number of ether oxygens (including phenoxy) is 2. The summed E-state index contributed by atoms with van der Waals surface area (Å²) in [6, 6.07) is 5.25. The smallest absolute Gasteiger partial charge is 0.338 e. The number of aromatic nitrogens is 2. The summed E-state index contributed by atoms with van der Waals surface area (Å²) < 4.78 is 12.0. The Morgan fingerprint density at radius 3 is 2.65 bits per heavy atom. The molecule has 0 fully saturated rings. The molecule has 0 unspecified atom stereocenters. The van der Waals surface area contributed by atoms with Crippen LogP contribution in [0.4, 0.5) is 0 Å². The molecule has 2 rings (SSSR count). The molecule has 124 valence electrons. The van der Waals surface area contributed by atoms with Crippen molar-refractivity contribution in [3.8, 4) is 0 Å². The average molecular weight is 318 g/mol. The highest BCUT2D eigenvalue weighted by Crippen LogP contribution is 2.17. The van der Waals surface area contributed by atoms with Gasteiger partial charge in [-0.25, -0.2) is 4.79 Å². The summed E-state index contributed by atoms with van der Waals surface area (Å²) in [6.07, 6.45) is 1.92. The lowest BCUT2D eigenvalue weighted by molar-refractivity contribution is -0.155. The van der Waals surface area contributed by atoms with E-state index in [1.165, 1.54) is 0 Å². The molecule has 0 N–H and O–H groups in total. The zero-order valence-electron chi connectivity index (χ0n) is 14.0. The summed E-state index contributed by atoms with van der Waals surface area (Å²) in [6.45, 7) is 8.05. The molecule has 1 heterocycles. The molecule has 0 saturated heterocycles. The van der Waals surface area contributed by atoms with Crippen molar-refractivity contribution in [2.24, 2.45) is 0 Å². The molecule has 23 heavy (non-hydrogen) atoms. The van der Waals surface area contributed by atoms with E-state index in [4.69, 9.17) is 9.47 Å². The third-order valence-electron chi connectivity index (χ3n) is 3.10. The van der Waals surface area contributed by atoms with E-state index in [1.807, 2.05) is 26.8 Å². The highest BCUT2D eigenvalue weighted by molar-refractivity contribution is 5.94. The van der Waals surface area contributed by atoms with Crippen LogP contribution in [0.5, 0.6) is 0 Å². The van der Waals surface area contributed by atoms with Crippen molar-refractivity contribution in [2.45, 2.75) is 46.3 Å². The third kappa shape index (κ3) is 4.55. The SMILES string of the molecule is CCOC(=O)c1ccc2c(cnn2CCC(=O)OC(C)(C)C)c1. The molecule has 1 aromatic heterocycles. The molecule has 0 amide bonds. The Labute approximate surface area is 135 Å². The van der Waals surface area contributed by atoms with Crippen LogP contribution in [0.25, 0.3) is 10.9 Å². The molecule has 0 saturated carbocycles. The van der Waals surface area contributed by atoms with Gasteiger partial charge in [-0.3, -0.25) is 9.48 Å². The Hall–Kier alpha value is -2.37. The van der Waals surface area contributed by atoms with E-state index in [2.05, 4.69) is 5.10 Å². The number of rotatable bonds is 5. The summed E-state index contributed by atoms with van der Waals surface area (Å²) >= 11 is 0. The number of carbonyl (C=O) groups excluding carboxylic acids is 2. The molecular weight excluding hydrogens is 296 g/mol. The van der Waals surface area contributed by atoms with E-state index < -0.39 is 5.60 Å². The predicted octanol–water partition coefficient (Wildman–Crippen LogP) is 2.94. The normalized spacial score (nSPS) is 11.5. The maximum Gasteiger partial charge on any atom is 0.338 e. The van der Waals surface area contributed by atoms with E-state index in [0.29, 0.717) is 18.7 Å². The Kier molecular flexibility index (Phi) is 5.03. The van der Waals surface area contributed by atoms with Crippen LogP contribution in [-0.2, 0) is 20.8 Å². The third-order valence-corrected chi connectivity index (χ3v) is 3.10. The van der Waals surface area contributed by atoms with Crippen molar-refractivity contribution in [3.63, 3.8) is 0 Å². The minimum Gasteiger partial charge on any atom is -0.462 e. The quantitative estimate of drug-likeness (QED) is 0.793. The van der Waals surface area contributed by atoms with E-state index in [0.717, 1.165) is 10.9 Å². The predicted molar refractivity (Wildman–Crippen MR) is 86.2 cm³/mol. The van der Waals surface area contributed by atoms with E-state index in [-0.39, 0.29) is 18.4 Å². The first kappa shape index (κ1) is 17.0. The number of carbonyl (C=O) groups is 2. The van der Waals surface area contributed by atoms with Gasteiger partial charge in [0.05, 0.1) is 36.8 Å². The van der Waals surface area contributed by atoms with Gasteiger partial charge >= 0.3 is 11.9 Å². The largest absolute Gasteiger partial charge is 0.462 e. The standard InChI is InChI=1S/C17H22N2O4/c1-5-22-16(21)12-6-7-14-13(10-12)11-18-19(14)9-8-15(20)23-17(2,3)4/h6-7,10-11H,5,8-9H2,1-4H3. The first-order chi connectivity index (χ1) is 10.8. The Balaban J connectivity index is 2.08. The van der Waals surface area contributed by atoms with Crippen molar-refractivity contribution in [2.75, 3.05) is 6.61 Å².